The molecular formula is C20H31N3O4. The molecule has 0 aromatic heterocycles. The number of hydrogen-bond donors (Lipinski definition) is 1. The van der Waals surface area contributed by atoms with Gasteiger partial charge in [0.2, 0.25) is 5.91 Å². The summed E-state index contributed by atoms with van der Waals surface area (Å²) in [7, 11) is 1.61. The van der Waals surface area contributed by atoms with Crippen LogP contribution in [0.2, 0.25) is 0 Å². The number of hydrogen-bond acceptors (Lipinski definition) is 4. The summed E-state index contributed by atoms with van der Waals surface area (Å²) in [6.45, 7) is 10.8. The van der Waals surface area contributed by atoms with Crippen LogP contribution in [-0.4, -0.2) is 60.0 Å². The lowest BCUT2D eigenvalue weighted by atomic mass is 10.1. The first-order valence-electron chi connectivity index (χ1n) is 9.16. The van der Waals surface area contributed by atoms with Gasteiger partial charge in [0.1, 0.15) is 5.60 Å². The maximum atomic E-state index is 12.5. The number of rotatable bonds is 7. The fourth-order valence-electron chi connectivity index (χ4n) is 2.42. The lowest BCUT2D eigenvalue weighted by molar-refractivity contribution is -0.131. The molecule has 0 radical (unpaired) electrons. The molecule has 0 spiro atoms. The van der Waals surface area contributed by atoms with Gasteiger partial charge in [-0.05, 0) is 52.3 Å². The standard InChI is InChI=1S/C20H31N3O4/c1-7-23(8-2)17(24)14-22(6)18(25)16-11-9-15(10-12-16)13-21-19(26)27-20(3,4)5/h9-12H,7-8,13-14H2,1-6H3,(H,21,26). The second-order valence-electron chi connectivity index (χ2n) is 7.28. The SMILES string of the molecule is CCN(CC)C(=O)CN(C)C(=O)c1ccc(CNC(=O)OC(C)(C)C)cc1. The number of ether oxygens (including phenoxy) is 1. The highest BCUT2D eigenvalue weighted by molar-refractivity contribution is 5.96. The minimum atomic E-state index is -0.548. The van der Waals surface area contributed by atoms with Gasteiger partial charge in [0, 0.05) is 32.2 Å². The van der Waals surface area contributed by atoms with Crippen LogP contribution < -0.4 is 5.32 Å². The van der Waals surface area contributed by atoms with Gasteiger partial charge in [-0.3, -0.25) is 9.59 Å². The smallest absolute Gasteiger partial charge is 0.407 e. The average Bonchev–Trinajstić information content (AvgIpc) is 2.59. The molecule has 1 rings (SSSR count). The van der Waals surface area contributed by atoms with E-state index in [2.05, 4.69) is 5.32 Å². The second kappa shape index (κ2) is 9.94. The number of carbonyl (C=O) groups excluding carboxylic acids is 3. The van der Waals surface area contributed by atoms with Crippen molar-refractivity contribution in [1.82, 2.24) is 15.1 Å². The highest BCUT2D eigenvalue weighted by Crippen LogP contribution is 2.09. The molecule has 1 aromatic carbocycles. The van der Waals surface area contributed by atoms with Gasteiger partial charge in [-0.2, -0.15) is 0 Å². The van der Waals surface area contributed by atoms with Crippen LogP contribution in [0, 0.1) is 0 Å². The Morgan fingerprint density at radius 3 is 2.07 bits per heavy atom. The molecule has 0 aliphatic rings. The van der Waals surface area contributed by atoms with Crippen LogP contribution in [0.25, 0.3) is 0 Å². The summed E-state index contributed by atoms with van der Waals surface area (Å²) in [6.07, 6.45) is -0.489. The Morgan fingerprint density at radius 2 is 1.59 bits per heavy atom. The number of benzene rings is 1. The Bertz CT molecular complexity index is 646. The van der Waals surface area contributed by atoms with E-state index in [-0.39, 0.29) is 18.4 Å². The minimum absolute atomic E-state index is 0.0441. The van der Waals surface area contributed by atoms with Gasteiger partial charge >= 0.3 is 6.09 Å². The largest absolute Gasteiger partial charge is 0.444 e. The second-order valence-corrected chi connectivity index (χ2v) is 7.28. The van der Waals surface area contributed by atoms with Gasteiger partial charge < -0.3 is 19.9 Å². The average molecular weight is 377 g/mol. The summed E-state index contributed by atoms with van der Waals surface area (Å²) >= 11 is 0. The van der Waals surface area contributed by atoms with Crippen molar-refractivity contribution in [2.75, 3.05) is 26.7 Å². The number of likely N-dealkylation sites (N-methyl/N-ethyl adjacent to an activating group) is 2. The van der Waals surface area contributed by atoms with Crippen LogP contribution in [0.1, 0.15) is 50.5 Å². The van der Waals surface area contributed by atoms with Gasteiger partial charge in [-0.1, -0.05) is 12.1 Å². The predicted molar refractivity (Wildman–Crippen MR) is 104 cm³/mol. The highest BCUT2D eigenvalue weighted by Gasteiger charge is 2.18. The van der Waals surface area contributed by atoms with Crippen molar-refractivity contribution < 1.29 is 19.1 Å². The quantitative estimate of drug-likeness (QED) is 0.792. The molecule has 0 heterocycles. The number of nitrogens with one attached hydrogen (secondary N) is 1. The number of nitrogens with zero attached hydrogens (tertiary/aromatic N) is 2. The van der Waals surface area contributed by atoms with E-state index in [4.69, 9.17) is 4.74 Å². The maximum Gasteiger partial charge on any atom is 0.407 e. The highest BCUT2D eigenvalue weighted by atomic mass is 16.6. The third-order valence-corrected chi connectivity index (χ3v) is 3.87. The molecule has 1 aromatic rings. The Labute approximate surface area is 161 Å². The summed E-state index contributed by atoms with van der Waals surface area (Å²) in [5.41, 5.74) is 0.790. The monoisotopic (exact) mass is 377 g/mol. The predicted octanol–water partition coefficient (Wildman–Crippen LogP) is 2.65. The van der Waals surface area contributed by atoms with E-state index in [0.29, 0.717) is 25.2 Å². The summed E-state index contributed by atoms with van der Waals surface area (Å²) in [5.74, 6) is -0.295. The molecule has 7 heteroatoms. The molecule has 0 fully saturated rings. The first kappa shape index (κ1) is 22.5. The summed E-state index contributed by atoms with van der Waals surface area (Å²) in [5, 5.41) is 2.67. The fourth-order valence-corrected chi connectivity index (χ4v) is 2.42. The molecule has 27 heavy (non-hydrogen) atoms. The van der Waals surface area contributed by atoms with Crippen LogP contribution in [0.15, 0.2) is 24.3 Å². The van der Waals surface area contributed by atoms with E-state index >= 15 is 0 Å². The zero-order chi connectivity index (χ0) is 20.6. The van der Waals surface area contributed by atoms with E-state index in [0.717, 1.165) is 5.56 Å². The van der Waals surface area contributed by atoms with Crippen LogP contribution in [-0.2, 0) is 16.1 Å². The third-order valence-electron chi connectivity index (χ3n) is 3.87. The molecule has 7 nitrogen and oxygen atoms in total. The van der Waals surface area contributed by atoms with Crippen LogP contribution in [0.5, 0.6) is 0 Å². The fraction of sp³-hybridized carbons (Fsp3) is 0.550. The van der Waals surface area contributed by atoms with E-state index < -0.39 is 11.7 Å². The molecule has 0 aliphatic heterocycles. The third kappa shape index (κ3) is 7.68. The van der Waals surface area contributed by atoms with Gasteiger partial charge in [0.05, 0.1) is 6.54 Å². The molecule has 0 bridgehead atoms. The van der Waals surface area contributed by atoms with Crippen molar-refractivity contribution in [3.05, 3.63) is 35.4 Å². The first-order valence-corrected chi connectivity index (χ1v) is 9.16. The minimum Gasteiger partial charge on any atom is -0.444 e. The molecule has 0 atom stereocenters. The van der Waals surface area contributed by atoms with Crippen molar-refractivity contribution in [1.29, 1.82) is 0 Å². The molecule has 1 N–H and O–H groups in total. The van der Waals surface area contributed by atoms with E-state index in [1.165, 1.54) is 4.90 Å². The molecule has 0 unspecified atom stereocenters. The lowest BCUT2D eigenvalue weighted by Crippen LogP contribution is -2.41. The first-order chi connectivity index (χ1) is 12.6. The summed E-state index contributed by atoms with van der Waals surface area (Å²) < 4.78 is 5.18. The number of carbonyl (C=O) groups is 3. The zero-order valence-electron chi connectivity index (χ0n) is 17.2. The Morgan fingerprint density at radius 1 is 1.04 bits per heavy atom. The molecule has 0 saturated carbocycles. The Kier molecular flexibility index (Phi) is 8.28. The van der Waals surface area contributed by atoms with Crippen molar-refractivity contribution in [2.45, 2.75) is 46.8 Å². The molecular weight excluding hydrogens is 346 g/mol. The van der Waals surface area contributed by atoms with Gasteiger partial charge in [-0.25, -0.2) is 4.79 Å². The van der Waals surface area contributed by atoms with Gasteiger partial charge in [0.15, 0.2) is 0 Å². The lowest BCUT2D eigenvalue weighted by Gasteiger charge is -2.23. The summed E-state index contributed by atoms with van der Waals surface area (Å²) in [6, 6.07) is 6.91. The molecule has 0 saturated heterocycles. The maximum absolute atomic E-state index is 12.5. The topological polar surface area (TPSA) is 79.0 Å². The number of amides is 3. The summed E-state index contributed by atoms with van der Waals surface area (Å²) in [4.78, 5) is 39.4. The number of alkyl carbamates (subject to hydrolysis) is 1. The van der Waals surface area contributed by atoms with E-state index in [9.17, 15) is 14.4 Å². The molecule has 0 aliphatic carbocycles. The van der Waals surface area contributed by atoms with Crippen molar-refractivity contribution in [3.8, 4) is 0 Å². The van der Waals surface area contributed by atoms with Gasteiger partial charge in [-0.15, -0.1) is 0 Å². The van der Waals surface area contributed by atoms with Gasteiger partial charge in [0.25, 0.3) is 5.91 Å². The zero-order valence-corrected chi connectivity index (χ0v) is 17.2. The van der Waals surface area contributed by atoms with Crippen molar-refractivity contribution in [3.63, 3.8) is 0 Å². The molecule has 150 valence electrons. The van der Waals surface area contributed by atoms with Crippen molar-refractivity contribution >= 4 is 17.9 Å². The Hall–Kier alpha value is -2.57. The van der Waals surface area contributed by atoms with Crippen LogP contribution in [0.3, 0.4) is 0 Å². The molecule has 3 amide bonds. The van der Waals surface area contributed by atoms with Crippen molar-refractivity contribution in [2.24, 2.45) is 0 Å². The van der Waals surface area contributed by atoms with E-state index in [1.807, 2.05) is 13.8 Å². The van der Waals surface area contributed by atoms with Crippen LogP contribution >= 0.6 is 0 Å². The Balaban J connectivity index is 2.60. The van der Waals surface area contributed by atoms with E-state index in [1.54, 1.807) is 57.0 Å². The van der Waals surface area contributed by atoms with Crippen LogP contribution in [0.4, 0.5) is 4.79 Å². The normalized spacial score (nSPS) is 10.9.